The zero-order chi connectivity index (χ0) is 25.9. The fourth-order valence-corrected chi connectivity index (χ4v) is 4.43. The second-order valence-electron chi connectivity index (χ2n) is 8.38. The van der Waals surface area contributed by atoms with Gasteiger partial charge in [0.05, 0.1) is 22.7 Å². The van der Waals surface area contributed by atoms with E-state index in [1.807, 2.05) is 37.3 Å². The zero-order valence-corrected chi connectivity index (χ0v) is 21.5. The minimum atomic E-state index is -0.485. The third-order valence-electron chi connectivity index (χ3n) is 5.97. The van der Waals surface area contributed by atoms with Gasteiger partial charge >= 0.3 is 0 Å². The van der Waals surface area contributed by atoms with Gasteiger partial charge in [0.2, 0.25) is 5.95 Å². The highest BCUT2D eigenvalue weighted by molar-refractivity contribution is 6.42. The van der Waals surface area contributed by atoms with Gasteiger partial charge in [0.1, 0.15) is 30.5 Å². The maximum Gasteiger partial charge on any atom is 0.255 e. The molecule has 0 spiro atoms. The number of hydrogen-bond donors (Lipinski definition) is 2. The van der Waals surface area contributed by atoms with Crippen molar-refractivity contribution in [2.45, 2.75) is 19.6 Å². The fraction of sp³-hybridized carbons (Fsp3) is 0.148. The van der Waals surface area contributed by atoms with Gasteiger partial charge in [0.25, 0.3) is 5.91 Å². The lowest BCUT2D eigenvalue weighted by Crippen LogP contribution is -2.31. The van der Waals surface area contributed by atoms with Crippen LogP contribution in [0.1, 0.15) is 24.1 Å². The van der Waals surface area contributed by atoms with E-state index >= 15 is 0 Å². The van der Waals surface area contributed by atoms with Crippen molar-refractivity contribution in [1.29, 1.82) is 0 Å². The maximum atomic E-state index is 13.5. The van der Waals surface area contributed by atoms with Gasteiger partial charge in [-0.25, -0.2) is 4.68 Å². The van der Waals surface area contributed by atoms with E-state index in [0.717, 1.165) is 11.1 Å². The van der Waals surface area contributed by atoms with E-state index < -0.39 is 6.04 Å². The van der Waals surface area contributed by atoms with Crippen molar-refractivity contribution >= 4 is 40.7 Å². The van der Waals surface area contributed by atoms with Crippen LogP contribution in [0.15, 0.2) is 84.3 Å². The Morgan fingerprint density at radius 2 is 1.76 bits per heavy atom. The van der Waals surface area contributed by atoms with Gasteiger partial charge in [0.15, 0.2) is 0 Å². The molecule has 1 amide bonds. The molecule has 0 saturated heterocycles. The van der Waals surface area contributed by atoms with Crippen molar-refractivity contribution in [2.24, 2.45) is 0 Å². The molecule has 0 unspecified atom stereocenters. The van der Waals surface area contributed by atoms with Gasteiger partial charge in [-0.2, -0.15) is 10.1 Å². The summed E-state index contributed by atoms with van der Waals surface area (Å²) in [7, 11) is 1.60. The molecular weight excluding hydrogens is 513 g/mol. The maximum absolute atomic E-state index is 13.5. The fourth-order valence-electron chi connectivity index (χ4n) is 4.11. The van der Waals surface area contributed by atoms with Crippen LogP contribution >= 0.6 is 23.2 Å². The number of amides is 1. The van der Waals surface area contributed by atoms with Crippen LogP contribution in [0.5, 0.6) is 11.5 Å². The summed E-state index contributed by atoms with van der Waals surface area (Å²) in [4.78, 5) is 17.8. The van der Waals surface area contributed by atoms with E-state index in [-0.39, 0.29) is 5.91 Å². The Kier molecular flexibility index (Phi) is 7.03. The largest absolute Gasteiger partial charge is 0.497 e. The second kappa shape index (κ2) is 10.5. The number of anilines is 2. The predicted octanol–water partition coefficient (Wildman–Crippen LogP) is 6.10. The van der Waals surface area contributed by atoms with E-state index in [9.17, 15) is 4.79 Å². The summed E-state index contributed by atoms with van der Waals surface area (Å²) in [6.45, 7) is 2.19. The van der Waals surface area contributed by atoms with Crippen LogP contribution < -0.4 is 20.1 Å². The molecule has 4 aromatic rings. The monoisotopic (exact) mass is 535 g/mol. The lowest BCUT2D eigenvalue weighted by molar-refractivity contribution is -0.113. The summed E-state index contributed by atoms with van der Waals surface area (Å²) in [6.07, 6.45) is 1.46. The summed E-state index contributed by atoms with van der Waals surface area (Å²) in [6, 6.07) is 19.6. The summed E-state index contributed by atoms with van der Waals surface area (Å²) < 4.78 is 12.8. The Bertz CT molecular complexity index is 1470. The van der Waals surface area contributed by atoms with Crippen molar-refractivity contribution in [3.05, 3.63) is 105 Å². The topological polar surface area (TPSA) is 90.3 Å². The molecule has 0 aliphatic carbocycles. The first-order valence-electron chi connectivity index (χ1n) is 11.4. The van der Waals surface area contributed by atoms with Crippen molar-refractivity contribution in [1.82, 2.24) is 14.8 Å². The normalized spacial score (nSPS) is 14.5. The number of aromatic nitrogens is 3. The number of carbonyl (C=O) groups is 1. The molecule has 37 heavy (non-hydrogen) atoms. The highest BCUT2D eigenvalue weighted by Crippen LogP contribution is 2.36. The minimum Gasteiger partial charge on any atom is -0.497 e. The molecule has 10 heteroatoms. The molecule has 0 radical (unpaired) electrons. The molecule has 188 valence electrons. The summed E-state index contributed by atoms with van der Waals surface area (Å²) in [5, 5.41) is 11.5. The second-order valence-corrected chi connectivity index (χ2v) is 9.20. The molecule has 2 N–H and O–H groups in total. The molecule has 1 atom stereocenters. The molecule has 2 heterocycles. The van der Waals surface area contributed by atoms with Crippen LogP contribution in [0.2, 0.25) is 10.0 Å². The van der Waals surface area contributed by atoms with E-state index in [1.54, 1.807) is 48.2 Å². The number of ether oxygens (including phenoxy) is 2. The van der Waals surface area contributed by atoms with Crippen LogP contribution in [0.25, 0.3) is 0 Å². The molecule has 1 aliphatic heterocycles. The molecule has 0 bridgehead atoms. The molecule has 5 rings (SSSR count). The van der Waals surface area contributed by atoms with Gasteiger partial charge in [-0.15, -0.1) is 0 Å². The number of fused-ring (bicyclic) bond motifs is 1. The Balaban J connectivity index is 1.38. The van der Waals surface area contributed by atoms with E-state index in [1.165, 1.54) is 6.33 Å². The SMILES string of the molecule is COc1ccc(NC(=O)C2=C(C)Nc3ncnn3[C@H]2c2ccc(OCc3ccc(Cl)c(Cl)c3)cc2)cc1. The van der Waals surface area contributed by atoms with Gasteiger partial charge in [-0.1, -0.05) is 41.4 Å². The molecule has 8 nitrogen and oxygen atoms in total. The van der Waals surface area contributed by atoms with Gasteiger partial charge in [0, 0.05) is 11.4 Å². The van der Waals surface area contributed by atoms with Crippen molar-refractivity contribution in [3.63, 3.8) is 0 Å². The van der Waals surface area contributed by atoms with Crippen LogP contribution in [0, 0.1) is 0 Å². The van der Waals surface area contributed by atoms with Crippen molar-refractivity contribution < 1.29 is 14.3 Å². The summed E-state index contributed by atoms with van der Waals surface area (Å²) >= 11 is 12.1. The van der Waals surface area contributed by atoms with Crippen LogP contribution in [0.4, 0.5) is 11.6 Å². The average molecular weight is 536 g/mol. The van der Waals surface area contributed by atoms with Gasteiger partial charge < -0.3 is 20.1 Å². The van der Waals surface area contributed by atoms with E-state index in [0.29, 0.717) is 51.1 Å². The minimum absolute atomic E-state index is 0.249. The first-order valence-corrected chi connectivity index (χ1v) is 12.2. The van der Waals surface area contributed by atoms with Crippen LogP contribution in [-0.2, 0) is 11.4 Å². The van der Waals surface area contributed by atoms with Crippen LogP contribution in [0.3, 0.4) is 0 Å². The lowest BCUT2D eigenvalue weighted by atomic mass is 9.95. The Hall–Kier alpha value is -4.01. The Morgan fingerprint density at radius 1 is 1.03 bits per heavy atom. The molecule has 0 fully saturated rings. The number of allylic oxidation sites excluding steroid dienone is 1. The van der Waals surface area contributed by atoms with Crippen molar-refractivity contribution in [3.8, 4) is 11.5 Å². The smallest absolute Gasteiger partial charge is 0.255 e. The number of nitrogens with one attached hydrogen (secondary N) is 2. The number of hydrogen-bond acceptors (Lipinski definition) is 6. The number of methoxy groups -OCH3 is 1. The van der Waals surface area contributed by atoms with E-state index in [2.05, 4.69) is 20.7 Å². The van der Waals surface area contributed by atoms with Crippen molar-refractivity contribution in [2.75, 3.05) is 17.7 Å². The third kappa shape index (κ3) is 5.26. The van der Waals surface area contributed by atoms with E-state index in [4.69, 9.17) is 32.7 Å². The van der Waals surface area contributed by atoms with Gasteiger partial charge in [-0.3, -0.25) is 4.79 Å². The zero-order valence-electron chi connectivity index (χ0n) is 20.0. The highest BCUT2D eigenvalue weighted by Gasteiger charge is 2.33. The number of halogens is 2. The molecular formula is C27H23Cl2N5O3. The molecule has 3 aromatic carbocycles. The number of benzene rings is 3. The first kappa shape index (κ1) is 24.7. The number of nitrogens with zero attached hydrogens (tertiary/aromatic N) is 3. The average Bonchev–Trinajstić information content (AvgIpc) is 3.37. The standard InChI is InChI=1S/C27H23Cl2N5O3/c1-16-24(26(35)33-19-6-10-20(36-2)11-7-19)25(34-27(32-16)30-15-31-34)18-4-8-21(9-5-18)37-14-17-3-12-22(28)23(29)13-17/h3-13,15,25H,14H2,1-2H3,(H,33,35)(H,30,31,32)/t25-/m0/s1. The third-order valence-corrected chi connectivity index (χ3v) is 6.71. The summed E-state index contributed by atoms with van der Waals surface area (Å²) in [5.41, 5.74) is 3.63. The lowest BCUT2D eigenvalue weighted by Gasteiger charge is -2.28. The first-order chi connectivity index (χ1) is 17.9. The highest BCUT2D eigenvalue weighted by atomic mass is 35.5. The number of rotatable bonds is 7. The molecule has 0 saturated carbocycles. The molecule has 1 aliphatic rings. The van der Waals surface area contributed by atoms with Gasteiger partial charge in [-0.05, 0) is 66.6 Å². The Labute approximate surface area is 223 Å². The number of carbonyl (C=O) groups excluding carboxylic acids is 1. The Morgan fingerprint density at radius 3 is 2.46 bits per heavy atom. The predicted molar refractivity (Wildman–Crippen MR) is 143 cm³/mol. The van der Waals surface area contributed by atoms with Crippen LogP contribution in [-0.4, -0.2) is 27.8 Å². The molecule has 1 aromatic heterocycles. The summed E-state index contributed by atoms with van der Waals surface area (Å²) in [5.74, 6) is 1.69. The quantitative estimate of drug-likeness (QED) is 0.297.